The molecule has 0 aliphatic heterocycles. The molecule has 23 heavy (non-hydrogen) atoms. The first-order valence-electron chi connectivity index (χ1n) is 7.27. The first-order valence-corrected chi connectivity index (χ1v) is 8.60. The minimum absolute atomic E-state index is 0. The number of carbonyl (C=O) groups is 1. The molecule has 0 saturated carbocycles. The summed E-state index contributed by atoms with van der Waals surface area (Å²) < 4.78 is 33.7. The molecule has 6 nitrogen and oxygen atoms in total. The van der Waals surface area contributed by atoms with E-state index in [1.54, 1.807) is 24.3 Å². The van der Waals surface area contributed by atoms with Gasteiger partial charge in [0.2, 0.25) is 0 Å². The van der Waals surface area contributed by atoms with Crippen molar-refractivity contribution in [2.75, 3.05) is 0 Å². The average molecular weight is 354 g/mol. The Morgan fingerprint density at radius 3 is 2.04 bits per heavy atom. The van der Waals surface area contributed by atoms with Crippen molar-refractivity contribution < 1.29 is 56.6 Å². The molecule has 0 aromatic heterocycles. The Morgan fingerprint density at radius 2 is 1.61 bits per heavy atom. The summed E-state index contributed by atoms with van der Waals surface area (Å²) in [6, 6.07) is 8.71. The molecule has 0 bridgehead atoms. The molecule has 0 unspecified atom stereocenters. The number of phenols is 1. The van der Waals surface area contributed by atoms with Crippen LogP contribution in [0.2, 0.25) is 0 Å². The minimum Gasteiger partial charge on any atom is -0.716 e. The molecule has 1 N–H and O–H groups in total. The maximum absolute atomic E-state index is 10.7. The van der Waals surface area contributed by atoms with Gasteiger partial charge in [-0.2, -0.15) is 0 Å². The second-order valence-electron chi connectivity index (χ2n) is 4.72. The number of carbonyl (C=O) groups excluding carboxylic acids is 1. The fraction of sp³-hybridized carbons (Fsp3) is 0.533. The monoisotopic (exact) mass is 354 g/mol. The maximum atomic E-state index is 10.7. The van der Waals surface area contributed by atoms with E-state index in [-0.39, 0.29) is 36.0 Å². The Labute approximate surface area is 160 Å². The van der Waals surface area contributed by atoms with Gasteiger partial charge in [-0.15, -0.1) is 0 Å². The van der Waals surface area contributed by atoms with Crippen molar-refractivity contribution in [2.24, 2.45) is 0 Å². The van der Waals surface area contributed by atoms with E-state index in [1.807, 2.05) is 6.07 Å². The third-order valence-corrected chi connectivity index (χ3v) is 3.08. The van der Waals surface area contributed by atoms with Crippen LogP contribution in [0.5, 0.6) is 5.75 Å². The van der Waals surface area contributed by atoms with Gasteiger partial charge in [-0.3, -0.25) is 4.79 Å². The Bertz CT molecular complexity index is 504. The van der Waals surface area contributed by atoms with Crippen LogP contribution in [-0.2, 0) is 19.4 Å². The van der Waals surface area contributed by atoms with Gasteiger partial charge in [0.25, 0.3) is 10.4 Å². The molecule has 126 valence electrons. The van der Waals surface area contributed by atoms with Gasteiger partial charge in [-0.05, 0) is 18.6 Å². The summed E-state index contributed by atoms with van der Waals surface area (Å²) in [5.41, 5.74) is 0. The number of benzene rings is 1. The van der Waals surface area contributed by atoms with Gasteiger partial charge < -0.3 is 13.8 Å². The quantitative estimate of drug-likeness (QED) is 0.308. The molecule has 0 atom stereocenters. The molecule has 0 fully saturated rings. The van der Waals surface area contributed by atoms with Gasteiger partial charge in [0, 0.05) is 6.42 Å². The van der Waals surface area contributed by atoms with E-state index >= 15 is 0 Å². The van der Waals surface area contributed by atoms with Crippen LogP contribution in [0.25, 0.3) is 0 Å². The van der Waals surface area contributed by atoms with Gasteiger partial charge in [0.05, 0.1) is 0 Å². The van der Waals surface area contributed by atoms with Crippen molar-refractivity contribution in [1.82, 2.24) is 0 Å². The van der Waals surface area contributed by atoms with Gasteiger partial charge >= 0.3 is 35.5 Å². The Morgan fingerprint density at radius 1 is 1.09 bits per heavy atom. The van der Waals surface area contributed by atoms with Gasteiger partial charge in [-0.1, -0.05) is 57.2 Å². The molecule has 1 aromatic carbocycles. The van der Waals surface area contributed by atoms with Gasteiger partial charge in [0.1, 0.15) is 5.75 Å². The number of phenolic OH excluding ortho intramolecular Hbond substituents is 1. The smallest absolute Gasteiger partial charge is 0.716 e. The van der Waals surface area contributed by atoms with Crippen LogP contribution in [0.4, 0.5) is 0 Å². The van der Waals surface area contributed by atoms with Crippen molar-refractivity contribution in [2.45, 2.75) is 51.9 Å². The molecule has 0 saturated heterocycles. The molecular weight excluding hydrogens is 331 g/mol. The SMILES string of the molecule is CCCCCCCCC(=O)OS(=O)(=O)[O-].Oc1ccccc1.[Na+]. The predicted octanol–water partition coefficient (Wildman–Crippen LogP) is 0.137. The maximum Gasteiger partial charge on any atom is 1.00 e. The van der Waals surface area contributed by atoms with Gasteiger partial charge in [-0.25, -0.2) is 8.42 Å². The fourth-order valence-corrected chi connectivity index (χ4v) is 1.94. The van der Waals surface area contributed by atoms with E-state index in [0.717, 1.165) is 25.7 Å². The van der Waals surface area contributed by atoms with Crippen LogP contribution in [0.15, 0.2) is 30.3 Å². The fourth-order valence-electron chi connectivity index (χ4n) is 1.63. The normalized spacial score (nSPS) is 10.0. The Kier molecular flexibility index (Phi) is 16.0. The molecule has 0 heterocycles. The summed E-state index contributed by atoms with van der Waals surface area (Å²) in [5, 5.41) is 8.63. The van der Waals surface area contributed by atoms with Gasteiger partial charge in [0.15, 0.2) is 0 Å². The van der Waals surface area contributed by atoms with Crippen LogP contribution in [0, 0.1) is 0 Å². The summed E-state index contributed by atoms with van der Waals surface area (Å²) in [6.07, 6.45) is 5.87. The number of para-hydroxylation sites is 1. The van der Waals surface area contributed by atoms with E-state index in [4.69, 9.17) is 5.11 Å². The van der Waals surface area contributed by atoms with E-state index in [2.05, 4.69) is 11.1 Å². The topological polar surface area (TPSA) is 104 Å². The summed E-state index contributed by atoms with van der Waals surface area (Å²) in [5.74, 6) is -0.636. The second kappa shape index (κ2) is 15.0. The van der Waals surface area contributed by atoms with E-state index in [9.17, 15) is 17.8 Å². The minimum atomic E-state index is -4.87. The average Bonchev–Trinajstić information content (AvgIpc) is 2.42. The zero-order chi connectivity index (χ0) is 16.8. The summed E-state index contributed by atoms with van der Waals surface area (Å²) in [7, 11) is -4.87. The molecular formula is C15H23NaO6S. The first kappa shape index (κ1) is 24.6. The Hall–Kier alpha value is -0.600. The zero-order valence-corrected chi connectivity index (χ0v) is 16.5. The number of aromatic hydroxyl groups is 1. The number of hydrogen-bond acceptors (Lipinski definition) is 6. The molecule has 1 rings (SSSR count). The number of unbranched alkanes of at least 4 members (excludes halogenated alkanes) is 5. The van der Waals surface area contributed by atoms with Crippen LogP contribution < -0.4 is 29.6 Å². The van der Waals surface area contributed by atoms with E-state index < -0.39 is 16.4 Å². The van der Waals surface area contributed by atoms with E-state index in [0.29, 0.717) is 12.2 Å². The number of hydrogen-bond donors (Lipinski definition) is 1. The number of rotatable bonds is 8. The van der Waals surface area contributed by atoms with Crippen molar-refractivity contribution in [3.63, 3.8) is 0 Å². The van der Waals surface area contributed by atoms with Crippen molar-refractivity contribution in [3.8, 4) is 5.75 Å². The van der Waals surface area contributed by atoms with Crippen molar-refractivity contribution in [3.05, 3.63) is 30.3 Å². The third kappa shape index (κ3) is 19.4. The predicted molar refractivity (Wildman–Crippen MR) is 81.9 cm³/mol. The summed E-state index contributed by atoms with van der Waals surface area (Å²) in [6.45, 7) is 2.11. The van der Waals surface area contributed by atoms with Crippen LogP contribution in [0.3, 0.4) is 0 Å². The first-order chi connectivity index (χ1) is 10.3. The molecule has 0 amide bonds. The molecule has 0 aliphatic rings. The van der Waals surface area contributed by atoms with Crippen LogP contribution in [-0.4, -0.2) is 24.0 Å². The summed E-state index contributed by atoms with van der Waals surface area (Å²) >= 11 is 0. The second-order valence-corrected chi connectivity index (χ2v) is 5.70. The zero-order valence-electron chi connectivity index (χ0n) is 13.7. The summed E-state index contributed by atoms with van der Waals surface area (Å²) in [4.78, 5) is 10.7. The van der Waals surface area contributed by atoms with Crippen molar-refractivity contribution in [1.29, 1.82) is 0 Å². The third-order valence-electron chi connectivity index (χ3n) is 2.69. The standard InChI is InChI=1S/C9H18O5S.C6H6O.Na/c1-2-3-4-5-6-7-8-9(10)14-15(11,12)13;7-6-4-2-1-3-5-6;/h2-8H2,1H3,(H,11,12,13);1-5,7H;/q;;+1/p-1. The van der Waals surface area contributed by atoms with Crippen LogP contribution >= 0.6 is 0 Å². The molecule has 0 spiro atoms. The van der Waals surface area contributed by atoms with E-state index in [1.165, 1.54) is 6.42 Å². The van der Waals surface area contributed by atoms with Crippen LogP contribution in [0.1, 0.15) is 51.9 Å². The van der Waals surface area contributed by atoms with Crippen molar-refractivity contribution >= 4 is 16.4 Å². The molecule has 1 aromatic rings. The molecule has 8 heteroatoms. The Balaban J connectivity index is 0. The molecule has 0 radical (unpaired) electrons. The molecule has 0 aliphatic carbocycles. The largest absolute Gasteiger partial charge is 1.00 e.